The Morgan fingerprint density at radius 2 is 1.37 bits per heavy atom. The first-order valence-electron chi connectivity index (χ1n) is 14.8. The minimum absolute atomic E-state index is 0.0884. The van der Waals surface area contributed by atoms with E-state index in [0.717, 1.165) is 0 Å². The number of carbonyl (C=O) groups excluding carboxylic acids is 3. The second-order valence-electron chi connectivity index (χ2n) is 10.5. The molecule has 0 radical (unpaired) electrons. The predicted octanol–water partition coefficient (Wildman–Crippen LogP) is 7.17. The van der Waals surface area contributed by atoms with E-state index >= 15 is 0 Å². The highest BCUT2D eigenvalue weighted by Crippen LogP contribution is 2.37. The number of carboxylic acids is 1. The minimum Gasteiger partial charge on any atom is -0.478 e. The molecule has 0 aromatic heterocycles. The lowest BCUT2D eigenvalue weighted by atomic mass is 10.1. The van der Waals surface area contributed by atoms with Crippen LogP contribution in [-0.2, 0) is 9.59 Å². The van der Waals surface area contributed by atoms with Crippen LogP contribution in [0.25, 0.3) is 6.08 Å². The molecular weight excluding hydrogens is 644 g/mol. The Bertz CT molecular complexity index is 2040. The van der Waals surface area contributed by atoms with Gasteiger partial charge >= 0.3 is 5.97 Å². The molecule has 1 atom stereocenters. The molecule has 0 spiro atoms. The minimum atomic E-state index is -1.08. The maximum Gasteiger partial charge on any atom is 0.335 e. The molecule has 5 aromatic rings. The number of nitro groups is 1. The summed E-state index contributed by atoms with van der Waals surface area (Å²) in [6.07, 6.45) is 1.24. The van der Waals surface area contributed by atoms with Crippen molar-refractivity contribution in [3.05, 3.63) is 172 Å². The van der Waals surface area contributed by atoms with E-state index in [-0.39, 0.29) is 34.0 Å². The number of para-hydroxylation sites is 1. The molecule has 1 unspecified atom stereocenters. The molecule has 0 aliphatic rings. The molecular formula is C37H28N4O7S. The highest BCUT2D eigenvalue weighted by atomic mass is 32.2. The van der Waals surface area contributed by atoms with Crippen LogP contribution < -0.4 is 16.0 Å². The Labute approximate surface area is 284 Å². The van der Waals surface area contributed by atoms with Gasteiger partial charge in [0.25, 0.3) is 17.5 Å². The summed E-state index contributed by atoms with van der Waals surface area (Å²) in [6.45, 7) is 0. The Morgan fingerprint density at radius 3 is 2.04 bits per heavy atom. The van der Waals surface area contributed by atoms with Gasteiger partial charge in [0, 0.05) is 27.9 Å². The van der Waals surface area contributed by atoms with Crippen LogP contribution >= 0.6 is 11.8 Å². The van der Waals surface area contributed by atoms with Crippen molar-refractivity contribution in [1.82, 2.24) is 5.32 Å². The number of carbonyl (C=O) groups is 4. The number of nitrogens with zero attached hydrogens (tertiary/aromatic N) is 1. The summed E-state index contributed by atoms with van der Waals surface area (Å²) < 4.78 is 0. The molecule has 12 heteroatoms. The van der Waals surface area contributed by atoms with Crippen molar-refractivity contribution >= 4 is 58.6 Å². The van der Waals surface area contributed by atoms with Gasteiger partial charge in [-0.15, -0.1) is 11.8 Å². The van der Waals surface area contributed by atoms with Gasteiger partial charge in [0.1, 0.15) is 10.9 Å². The van der Waals surface area contributed by atoms with E-state index in [4.69, 9.17) is 0 Å². The number of hydrogen-bond acceptors (Lipinski definition) is 7. The lowest BCUT2D eigenvalue weighted by Gasteiger charge is -2.18. The zero-order valence-corrected chi connectivity index (χ0v) is 26.4. The Morgan fingerprint density at radius 1 is 0.714 bits per heavy atom. The summed E-state index contributed by atoms with van der Waals surface area (Å²) in [4.78, 5) is 63.1. The summed E-state index contributed by atoms with van der Waals surface area (Å²) in [5.41, 5.74) is 1.49. The zero-order valence-electron chi connectivity index (χ0n) is 25.6. The molecule has 244 valence electrons. The fourth-order valence-corrected chi connectivity index (χ4v) is 5.74. The van der Waals surface area contributed by atoms with Crippen molar-refractivity contribution < 1.29 is 29.2 Å². The van der Waals surface area contributed by atoms with Gasteiger partial charge in [-0.1, -0.05) is 66.7 Å². The van der Waals surface area contributed by atoms with Crippen molar-refractivity contribution in [2.24, 2.45) is 0 Å². The molecule has 11 nitrogen and oxygen atoms in total. The van der Waals surface area contributed by atoms with Crippen LogP contribution in [0.4, 0.5) is 17.1 Å². The number of hydrogen-bond donors (Lipinski definition) is 4. The van der Waals surface area contributed by atoms with Gasteiger partial charge in [-0.2, -0.15) is 0 Å². The van der Waals surface area contributed by atoms with E-state index < -0.39 is 28.0 Å². The van der Waals surface area contributed by atoms with Crippen LogP contribution in [0.5, 0.6) is 0 Å². The third-order valence-corrected chi connectivity index (χ3v) is 8.30. The predicted molar refractivity (Wildman–Crippen MR) is 187 cm³/mol. The normalized spacial score (nSPS) is 11.6. The molecule has 5 rings (SSSR count). The van der Waals surface area contributed by atoms with Gasteiger partial charge in [0.2, 0.25) is 5.91 Å². The van der Waals surface area contributed by atoms with Crippen molar-refractivity contribution in [2.75, 3.05) is 10.6 Å². The molecule has 5 aromatic carbocycles. The largest absolute Gasteiger partial charge is 0.478 e. The van der Waals surface area contributed by atoms with Crippen LogP contribution in [0.1, 0.15) is 37.1 Å². The summed E-state index contributed by atoms with van der Waals surface area (Å²) in [5.74, 6) is -2.75. The lowest BCUT2D eigenvalue weighted by molar-refractivity contribution is -0.385. The van der Waals surface area contributed by atoms with Crippen LogP contribution in [0, 0.1) is 10.1 Å². The SMILES string of the molecule is O=C(Nc1cccc(SC(C(=O)Nc2ccc(C(=O)O)cc2)c2ccccc2)c1)/C(=C\c1ccccc1[N+](=O)[O-])NC(=O)c1ccccc1. The summed E-state index contributed by atoms with van der Waals surface area (Å²) in [7, 11) is 0. The molecule has 0 saturated heterocycles. The second-order valence-corrected chi connectivity index (χ2v) is 11.6. The smallest absolute Gasteiger partial charge is 0.335 e. The number of nitro benzene ring substituents is 1. The van der Waals surface area contributed by atoms with E-state index in [1.54, 1.807) is 60.7 Å². The molecule has 0 aliphatic heterocycles. The zero-order chi connectivity index (χ0) is 34.8. The van der Waals surface area contributed by atoms with Crippen molar-refractivity contribution in [3.8, 4) is 0 Å². The van der Waals surface area contributed by atoms with E-state index in [0.29, 0.717) is 21.8 Å². The maximum absolute atomic E-state index is 13.6. The standard InChI is InChI=1S/C37H28N4O7S/c42-34(25-12-5-2-6-13-25)40-31(22-27-14-7-8-17-32(27)41(47)48)35(43)39-29-15-9-16-30(23-29)49-33(24-10-3-1-4-11-24)36(44)38-28-20-18-26(19-21-28)37(45)46/h1-23,33H,(H,38,44)(H,39,43)(H,40,42)(H,45,46)/b31-22+. The van der Waals surface area contributed by atoms with Crippen molar-refractivity contribution in [1.29, 1.82) is 0 Å². The van der Waals surface area contributed by atoms with Crippen LogP contribution in [0.15, 0.2) is 144 Å². The molecule has 0 aliphatic carbocycles. The fourth-order valence-electron chi connectivity index (χ4n) is 4.66. The molecule has 0 heterocycles. The molecule has 3 amide bonds. The molecule has 0 bridgehead atoms. The van der Waals surface area contributed by atoms with Gasteiger partial charge in [-0.05, 0) is 72.3 Å². The number of nitrogens with one attached hydrogen (secondary N) is 3. The van der Waals surface area contributed by atoms with E-state index in [9.17, 15) is 34.4 Å². The average molecular weight is 673 g/mol. The molecule has 0 saturated carbocycles. The Kier molecular flexibility index (Phi) is 10.9. The van der Waals surface area contributed by atoms with Crippen LogP contribution in [-0.4, -0.2) is 33.7 Å². The second kappa shape index (κ2) is 15.8. The first-order valence-corrected chi connectivity index (χ1v) is 15.6. The van der Waals surface area contributed by atoms with Gasteiger partial charge in [-0.3, -0.25) is 24.5 Å². The van der Waals surface area contributed by atoms with Gasteiger partial charge < -0.3 is 21.1 Å². The average Bonchev–Trinajstić information content (AvgIpc) is 3.11. The molecule has 0 fully saturated rings. The third-order valence-electron chi connectivity index (χ3n) is 7.05. The van der Waals surface area contributed by atoms with Crippen LogP contribution in [0.2, 0.25) is 0 Å². The monoisotopic (exact) mass is 672 g/mol. The first-order chi connectivity index (χ1) is 23.7. The number of amides is 3. The number of thioether (sulfide) groups is 1. The lowest BCUT2D eigenvalue weighted by Crippen LogP contribution is -2.30. The Hall–Kier alpha value is -6.53. The van der Waals surface area contributed by atoms with Gasteiger partial charge in [-0.25, -0.2) is 4.79 Å². The van der Waals surface area contributed by atoms with Gasteiger partial charge in [0.05, 0.1) is 16.1 Å². The van der Waals surface area contributed by atoms with Crippen molar-refractivity contribution in [2.45, 2.75) is 10.1 Å². The number of aromatic carboxylic acids is 1. The highest BCUT2D eigenvalue weighted by Gasteiger charge is 2.23. The van der Waals surface area contributed by atoms with E-state index in [1.165, 1.54) is 60.3 Å². The first kappa shape index (κ1) is 33.8. The maximum atomic E-state index is 13.6. The van der Waals surface area contributed by atoms with E-state index in [1.807, 2.05) is 30.3 Å². The molecule has 4 N–H and O–H groups in total. The summed E-state index contributed by atoms with van der Waals surface area (Å²) >= 11 is 1.23. The summed E-state index contributed by atoms with van der Waals surface area (Å²) in [6, 6.07) is 35.7. The Balaban J connectivity index is 1.39. The number of anilines is 2. The van der Waals surface area contributed by atoms with E-state index in [2.05, 4.69) is 16.0 Å². The quantitative estimate of drug-likeness (QED) is 0.0468. The van der Waals surface area contributed by atoms with Crippen molar-refractivity contribution in [3.63, 3.8) is 0 Å². The number of carboxylic acid groups (broad SMARTS) is 1. The van der Waals surface area contributed by atoms with Crippen LogP contribution in [0.3, 0.4) is 0 Å². The molecule has 49 heavy (non-hydrogen) atoms. The topological polar surface area (TPSA) is 168 Å². The number of rotatable bonds is 12. The highest BCUT2D eigenvalue weighted by molar-refractivity contribution is 8.00. The number of benzene rings is 5. The third kappa shape index (κ3) is 9.05. The van der Waals surface area contributed by atoms with Gasteiger partial charge in [0.15, 0.2) is 0 Å². The fraction of sp³-hybridized carbons (Fsp3) is 0.0270. The summed E-state index contributed by atoms with van der Waals surface area (Å²) in [5, 5.41) is 28.3.